The second-order valence-corrected chi connectivity index (χ2v) is 8.22. The second-order valence-electron chi connectivity index (χ2n) is 6.41. The van der Waals surface area contributed by atoms with Crippen LogP contribution in [0.15, 0.2) is 53.4 Å². The van der Waals surface area contributed by atoms with Crippen molar-refractivity contribution in [3.05, 3.63) is 59.7 Å². The lowest BCUT2D eigenvalue weighted by atomic mass is 10.1. The van der Waals surface area contributed by atoms with Crippen LogP contribution in [0.25, 0.3) is 0 Å². The number of sulfonamides is 1. The molecule has 0 bridgehead atoms. The molecule has 3 N–H and O–H groups in total. The van der Waals surface area contributed by atoms with Crippen molar-refractivity contribution in [3.63, 3.8) is 0 Å². The second kappa shape index (κ2) is 7.47. The zero-order valence-corrected chi connectivity index (χ0v) is 15.5. The van der Waals surface area contributed by atoms with Crippen LogP contribution in [0.2, 0.25) is 0 Å². The third kappa shape index (κ3) is 3.45. The molecular weight excluding hydrogens is 350 g/mol. The third-order valence-electron chi connectivity index (χ3n) is 4.46. The van der Waals surface area contributed by atoms with E-state index in [-0.39, 0.29) is 16.8 Å². The third-order valence-corrected chi connectivity index (χ3v) is 6.39. The number of rotatable bonds is 6. The maximum absolute atomic E-state index is 13.2. The summed E-state index contributed by atoms with van der Waals surface area (Å²) in [7, 11) is -3.75. The van der Waals surface area contributed by atoms with E-state index >= 15 is 0 Å². The first-order chi connectivity index (χ1) is 12.4. The molecule has 26 heavy (non-hydrogen) atoms. The van der Waals surface area contributed by atoms with Crippen LogP contribution < -0.4 is 15.4 Å². The number of fused-ring (bicyclic) bond motifs is 1. The fourth-order valence-electron chi connectivity index (χ4n) is 3.22. The van der Waals surface area contributed by atoms with Crippen LogP contribution in [0.4, 0.5) is 5.69 Å². The quantitative estimate of drug-likeness (QED) is 0.757. The van der Waals surface area contributed by atoms with Crippen molar-refractivity contribution in [2.45, 2.75) is 30.7 Å². The van der Waals surface area contributed by atoms with Gasteiger partial charge in [0, 0.05) is 18.2 Å². The predicted molar refractivity (Wildman–Crippen MR) is 102 cm³/mol. The molecule has 0 saturated heterocycles. The van der Waals surface area contributed by atoms with Gasteiger partial charge in [0.25, 0.3) is 15.9 Å². The highest BCUT2D eigenvalue weighted by Gasteiger charge is 2.36. The minimum Gasteiger partial charge on any atom is -0.352 e. The number of hydrogen-bond donors (Lipinski definition) is 2. The van der Waals surface area contributed by atoms with Gasteiger partial charge in [0.15, 0.2) is 0 Å². The number of benzene rings is 2. The molecule has 1 aliphatic heterocycles. The number of nitrogens with two attached hydrogens (primary N) is 1. The Kier molecular flexibility index (Phi) is 5.29. The molecule has 2 aromatic rings. The highest BCUT2D eigenvalue weighted by atomic mass is 32.2. The molecule has 1 aliphatic rings. The zero-order valence-electron chi connectivity index (χ0n) is 14.7. The highest BCUT2D eigenvalue weighted by Crippen LogP contribution is 2.36. The molecule has 1 atom stereocenters. The Labute approximate surface area is 154 Å². The molecule has 2 aromatic carbocycles. The Balaban J connectivity index is 1.91. The van der Waals surface area contributed by atoms with E-state index in [1.54, 1.807) is 12.1 Å². The lowest BCUT2D eigenvalue weighted by molar-refractivity contribution is 0.0953. The summed E-state index contributed by atoms with van der Waals surface area (Å²) in [5.74, 6) is -0.301. The predicted octanol–water partition coefficient (Wildman–Crippen LogP) is 1.91. The van der Waals surface area contributed by atoms with E-state index in [4.69, 9.17) is 5.73 Å². The molecule has 0 radical (unpaired) electrons. The number of amides is 1. The lowest BCUT2D eigenvalue weighted by Gasteiger charge is -2.24. The number of carbonyl (C=O) groups is 1. The summed E-state index contributed by atoms with van der Waals surface area (Å²) in [5.41, 5.74) is 7.46. The molecule has 1 unspecified atom stereocenters. The van der Waals surface area contributed by atoms with Gasteiger partial charge in [-0.05, 0) is 56.1 Å². The van der Waals surface area contributed by atoms with E-state index in [9.17, 15) is 13.2 Å². The van der Waals surface area contributed by atoms with Gasteiger partial charge in [-0.25, -0.2) is 8.42 Å². The minimum absolute atomic E-state index is 0.118. The first-order valence-corrected chi connectivity index (χ1v) is 10.1. The molecule has 6 nitrogen and oxygen atoms in total. The van der Waals surface area contributed by atoms with Crippen LogP contribution in [0.3, 0.4) is 0 Å². The van der Waals surface area contributed by atoms with Gasteiger partial charge >= 0.3 is 0 Å². The van der Waals surface area contributed by atoms with Crippen LogP contribution in [-0.2, 0) is 16.4 Å². The number of nitrogens with one attached hydrogen (secondary N) is 1. The van der Waals surface area contributed by atoms with Gasteiger partial charge in [-0.1, -0.05) is 24.3 Å². The van der Waals surface area contributed by atoms with E-state index in [2.05, 4.69) is 5.32 Å². The Morgan fingerprint density at radius 1 is 1.23 bits per heavy atom. The zero-order chi connectivity index (χ0) is 18.7. The van der Waals surface area contributed by atoms with Crippen LogP contribution >= 0.6 is 0 Å². The molecule has 0 aromatic heterocycles. The first-order valence-electron chi connectivity index (χ1n) is 8.66. The summed E-state index contributed by atoms with van der Waals surface area (Å²) in [6, 6.07) is 13.5. The molecule has 0 saturated carbocycles. The molecule has 3 rings (SSSR count). The average Bonchev–Trinajstić information content (AvgIpc) is 2.98. The standard InChI is InChI=1S/C19H23N3O3S/c1-14-12-15-6-2-3-9-18(15)22(14)26(24,25)17-8-4-7-16(13-17)19(23)21-11-5-10-20/h2-4,6-9,13-14H,5,10-12,20H2,1H3,(H,21,23). The maximum Gasteiger partial charge on any atom is 0.264 e. The lowest BCUT2D eigenvalue weighted by Crippen LogP contribution is -2.36. The van der Waals surface area contributed by atoms with E-state index in [0.29, 0.717) is 37.2 Å². The van der Waals surface area contributed by atoms with Gasteiger partial charge in [0.05, 0.1) is 10.6 Å². The van der Waals surface area contributed by atoms with Crippen LogP contribution in [-0.4, -0.2) is 33.5 Å². The fourth-order valence-corrected chi connectivity index (χ4v) is 4.96. The molecule has 1 amide bonds. The van der Waals surface area contributed by atoms with Crippen molar-refractivity contribution in [2.24, 2.45) is 5.73 Å². The number of para-hydroxylation sites is 1. The van der Waals surface area contributed by atoms with Crippen LogP contribution in [0.1, 0.15) is 29.3 Å². The largest absolute Gasteiger partial charge is 0.352 e. The van der Waals surface area contributed by atoms with Crippen molar-refractivity contribution in [2.75, 3.05) is 17.4 Å². The van der Waals surface area contributed by atoms with Gasteiger partial charge in [-0.2, -0.15) is 0 Å². The van der Waals surface area contributed by atoms with Gasteiger partial charge in [0.1, 0.15) is 0 Å². The maximum atomic E-state index is 13.2. The van der Waals surface area contributed by atoms with Crippen molar-refractivity contribution in [1.29, 1.82) is 0 Å². The Hall–Kier alpha value is -2.38. The summed E-state index contributed by atoms with van der Waals surface area (Å²) in [4.78, 5) is 12.3. The summed E-state index contributed by atoms with van der Waals surface area (Å²) < 4.78 is 27.9. The molecule has 1 heterocycles. The van der Waals surface area contributed by atoms with E-state index in [0.717, 1.165) is 5.56 Å². The molecular formula is C19H23N3O3S. The summed E-state index contributed by atoms with van der Waals surface area (Å²) >= 11 is 0. The normalized spacial score (nSPS) is 16.4. The Bertz CT molecular complexity index is 912. The number of carbonyl (C=O) groups excluding carboxylic acids is 1. The molecule has 138 valence electrons. The SMILES string of the molecule is CC1Cc2ccccc2N1S(=O)(=O)c1cccc(C(=O)NCCCN)c1. The molecule has 0 spiro atoms. The summed E-state index contributed by atoms with van der Waals surface area (Å²) in [6.45, 7) is 2.84. The van der Waals surface area contributed by atoms with Gasteiger partial charge < -0.3 is 11.1 Å². The molecule has 7 heteroatoms. The van der Waals surface area contributed by atoms with E-state index in [1.807, 2.05) is 31.2 Å². The van der Waals surface area contributed by atoms with Gasteiger partial charge in [-0.15, -0.1) is 0 Å². The molecule has 0 fully saturated rings. The van der Waals surface area contributed by atoms with Crippen molar-refractivity contribution in [1.82, 2.24) is 5.32 Å². The van der Waals surface area contributed by atoms with Crippen molar-refractivity contribution >= 4 is 21.6 Å². The molecule has 0 aliphatic carbocycles. The Morgan fingerprint density at radius 3 is 2.77 bits per heavy atom. The van der Waals surface area contributed by atoms with E-state index < -0.39 is 10.0 Å². The van der Waals surface area contributed by atoms with Gasteiger partial charge in [-0.3, -0.25) is 9.10 Å². The number of nitrogens with zero attached hydrogens (tertiary/aromatic N) is 1. The van der Waals surface area contributed by atoms with Crippen LogP contribution in [0, 0.1) is 0 Å². The minimum atomic E-state index is -3.75. The Morgan fingerprint density at radius 2 is 2.00 bits per heavy atom. The average molecular weight is 373 g/mol. The topological polar surface area (TPSA) is 92.5 Å². The summed E-state index contributed by atoms with van der Waals surface area (Å²) in [6.07, 6.45) is 1.35. The highest BCUT2D eigenvalue weighted by molar-refractivity contribution is 7.92. The monoisotopic (exact) mass is 373 g/mol. The van der Waals surface area contributed by atoms with Crippen LogP contribution in [0.5, 0.6) is 0 Å². The smallest absolute Gasteiger partial charge is 0.264 e. The first kappa shape index (κ1) is 18.4. The van der Waals surface area contributed by atoms with Gasteiger partial charge in [0.2, 0.25) is 0 Å². The van der Waals surface area contributed by atoms with Crippen molar-refractivity contribution in [3.8, 4) is 0 Å². The number of anilines is 1. The number of hydrogen-bond acceptors (Lipinski definition) is 4. The fraction of sp³-hybridized carbons (Fsp3) is 0.316. The van der Waals surface area contributed by atoms with Crippen molar-refractivity contribution < 1.29 is 13.2 Å². The van der Waals surface area contributed by atoms with E-state index in [1.165, 1.54) is 16.4 Å². The summed E-state index contributed by atoms with van der Waals surface area (Å²) in [5, 5.41) is 2.75.